The van der Waals surface area contributed by atoms with Crippen LogP contribution < -0.4 is 0 Å². The monoisotopic (exact) mass is 398 g/mol. The van der Waals surface area contributed by atoms with Crippen LogP contribution in [0, 0.1) is 0 Å². The van der Waals surface area contributed by atoms with Crippen LogP contribution in [0.3, 0.4) is 0 Å². The minimum Gasteiger partial charge on any atom is -0.396 e. The summed E-state index contributed by atoms with van der Waals surface area (Å²) in [5.41, 5.74) is 0. The zero-order chi connectivity index (χ0) is 20.2. The zero-order valence-corrected chi connectivity index (χ0v) is 18.0. The molecule has 2 fully saturated rings. The predicted octanol–water partition coefficient (Wildman–Crippen LogP) is 4.41. The lowest BCUT2D eigenvalue weighted by Gasteiger charge is -2.37. The van der Waals surface area contributed by atoms with Crippen LogP contribution in [-0.4, -0.2) is 62.1 Å². The summed E-state index contributed by atoms with van der Waals surface area (Å²) in [5.74, 6) is 0. The fourth-order valence-electron chi connectivity index (χ4n) is 4.47. The van der Waals surface area contributed by atoms with Gasteiger partial charge in [0.05, 0.1) is 36.6 Å². The molecular formula is C23H42O5. The van der Waals surface area contributed by atoms with Crippen molar-refractivity contribution in [1.82, 2.24) is 0 Å². The molecule has 2 aliphatic rings. The smallest absolute Gasteiger partial charge is 0.0637 e. The first kappa shape index (κ1) is 23.8. The number of methoxy groups -OCH3 is 1. The van der Waals surface area contributed by atoms with Crippen molar-refractivity contribution in [2.75, 3.05) is 20.3 Å². The highest BCUT2D eigenvalue weighted by molar-refractivity contribution is 4.85. The average Bonchev–Trinajstić information content (AvgIpc) is 2.68. The van der Waals surface area contributed by atoms with Gasteiger partial charge >= 0.3 is 0 Å². The molecular weight excluding hydrogens is 356 g/mol. The van der Waals surface area contributed by atoms with E-state index in [2.05, 4.69) is 13.5 Å². The average molecular weight is 399 g/mol. The number of unbranched alkanes of at least 4 members (excludes halogenated alkanes) is 1. The van der Waals surface area contributed by atoms with Crippen LogP contribution in [0.15, 0.2) is 12.7 Å². The number of aliphatic hydroxyl groups excluding tert-OH is 1. The predicted molar refractivity (Wildman–Crippen MR) is 112 cm³/mol. The van der Waals surface area contributed by atoms with Gasteiger partial charge in [-0.3, -0.25) is 0 Å². The molecule has 5 nitrogen and oxygen atoms in total. The third-order valence-corrected chi connectivity index (χ3v) is 5.99. The highest BCUT2D eigenvalue weighted by Crippen LogP contribution is 2.30. The van der Waals surface area contributed by atoms with Crippen LogP contribution in [0.4, 0.5) is 0 Å². The third kappa shape index (κ3) is 8.50. The molecule has 2 saturated heterocycles. The number of hydrogen-bond donors (Lipinski definition) is 1. The quantitative estimate of drug-likeness (QED) is 0.368. The van der Waals surface area contributed by atoms with Gasteiger partial charge in [-0.2, -0.15) is 0 Å². The Morgan fingerprint density at radius 2 is 1.82 bits per heavy atom. The maximum Gasteiger partial charge on any atom is 0.0637 e. The third-order valence-electron chi connectivity index (χ3n) is 5.99. The molecule has 0 saturated carbocycles. The summed E-state index contributed by atoms with van der Waals surface area (Å²) in [6, 6.07) is 0. The van der Waals surface area contributed by atoms with Gasteiger partial charge in [0.15, 0.2) is 0 Å². The number of rotatable bonds is 13. The summed E-state index contributed by atoms with van der Waals surface area (Å²) in [5, 5.41) is 9.18. The van der Waals surface area contributed by atoms with Crippen LogP contribution >= 0.6 is 0 Å². The molecule has 28 heavy (non-hydrogen) atoms. The van der Waals surface area contributed by atoms with Gasteiger partial charge in [0.2, 0.25) is 0 Å². The standard InChI is InChI=1S/C23H42O5/c1-4-6-13-26-22-15-19(8-5-2)28-23(17-22)16-21(25-3)14-20-10-7-9-18(27-20)11-12-24/h5,18-24H,2,4,6-17H2,1,3H3/t18?,19?,20?,21-,22?,23?/m1/s1. The van der Waals surface area contributed by atoms with Crippen molar-refractivity contribution >= 4 is 0 Å². The van der Waals surface area contributed by atoms with E-state index in [0.717, 1.165) is 70.8 Å². The Morgan fingerprint density at radius 3 is 2.54 bits per heavy atom. The molecule has 0 bridgehead atoms. The lowest BCUT2D eigenvalue weighted by atomic mass is 9.92. The zero-order valence-electron chi connectivity index (χ0n) is 18.0. The fraction of sp³-hybridized carbons (Fsp3) is 0.913. The first-order valence-electron chi connectivity index (χ1n) is 11.3. The normalized spacial score (nSPS) is 32.2. The van der Waals surface area contributed by atoms with Crippen LogP contribution in [-0.2, 0) is 18.9 Å². The molecule has 0 aliphatic carbocycles. The second-order valence-corrected chi connectivity index (χ2v) is 8.37. The van der Waals surface area contributed by atoms with E-state index in [-0.39, 0.29) is 43.2 Å². The SMILES string of the molecule is C=CCC1CC(OCCCC)CC(C[C@@H](CC2CCCC(CCO)O2)OC)O1. The van der Waals surface area contributed by atoms with E-state index in [0.29, 0.717) is 0 Å². The largest absolute Gasteiger partial charge is 0.396 e. The first-order chi connectivity index (χ1) is 13.7. The minimum atomic E-state index is 0.127. The van der Waals surface area contributed by atoms with Crippen LogP contribution in [0.2, 0.25) is 0 Å². The molecule has 0 aromatic heterocycles. The molecule has 0 spiro atoms. The lowest BCUT2D eigenvalue weighted by Crippen LogP contribution is -2.40. The van der Waals surface area contributed by atoms with Crippen molar-refractivity contribution in [3.8, 4) is 0 Å². The van der Waals surface area contributed by atoms with Gasteiger partial charge in [-0.05, 0) is 57.8 Å². The van der Waals surface area contributed by atoms with Crippen molar-refractivity contribution in [1.29, 1.82) is 0 Å². The summed E-state index contributed by atoms with van der Waals surface area (Å²) >= 11 is 0. The fourth-order valence-corrected chi connectivity index (χ4v) is 4.47. The summed E-state index contributed by atoms with van der Waals surface area (Å²) in [7, 11) is 1.79. The number of ether oxygens (including phenoxy) is 4. The van der Waals surface area contributed by atoms with E-state index in [1.54, 1.807) is 7.11 Å². The summed E-state index contributed by atoms with van der Waals surface area (Å²) in [6.07, 6.45) is 14.0. The molecule has 5 heteroatoms. The topological polar surface area (TPSA) is 57.2 Å². The van der Waals surface area contributed by atoms with E-state index < -0.39 is 0 Å². The lowest BCUT2D eigenvalue weighted by molar-refractivity contribution is -0.132. The molecule has 2 rings (SSSR count). The Morgan fingerprint density at radius 1 is 1.11 bits per heavy atom. The molecule has 0 amide bonds. The molecule has 0 radical (unpaired) electrons. The highest BCUT2D eigenvalue weighted by Gasteiger charge is 2.32. The summed E-state index contributed by atoms with van der Waals surface area (Å²) in [6.45, 7) is 7.11. The van der Waals surface area contributed by atoms with Crippen molar-refractivity contribution < 1.29 is 24.1 Å². The van der Waals surface area contributed by atoms with Crippen molar-refractivity contribution in [2.45, 2.75) is 114 Å². The molecule has 5 unspecified atom stereocenters. The Hall–Kier alpha value is -0.460. The molecule has 1 N–H and O–H groups in total. The van der Waals surface area contributed by atoms with E-state index in [1.807, 2.05) is 6.08 Å². The molecule has 6 atom stereocenters. The van der Waals surface area contributed by atoms with E-state index in [1.165, 1.54) is 6.42 Å². The number of hydrogen-bond acceptors (Lipinski definition) is 5. The van der Waals surface area contributed by atoms with Gasteiger partial charge in [0.25, 0.3) is 0 Å². The summed E-state index contributed by atoms with van der Waals surface area (Å²) in [4.78, 5) is 0. The highest BCUT2D eigenvalue weighted by atomic mass is 16.5. The van der Waals surface area contributed by atoms with E-state index in [9.17, 15) is 5.11 Å². The van der Waals surface area contributed by atoms with Gasteiger partial charge in [0.1, 0.15) is 0 Å². The van der Waals surface area contributed by atoms with Gasteiger partial charge in [-0.1, -0.05) is 19.4 Å². The molecule has 2 heterocycles. The van der Waals surface area contributed by atoms with Gasteiger partial charge in [-0.25, -0.2) is 0 Å². The van der Waals surface area contributed by atoms with E-state index in [4.69, 9.17) is 18.9 Å². The second kappa shape index (κ2) is 13.7. The van der Waals surface area contributed by atoms with Crippen molar-refractivity contribution in [3.05, 3.63) is 12.7 Å². The number of aliphatic hydroxyl groups is 1. The van der Waals surface area contributed by atoms with Gasteiger partial charge in [-0.15, -0.1) is 6.58 Å². The van der Waals surface area contributed by atoms with Crippen LogP contribution in [0.25, 0.3) is 0 Å². The first-order valence-corrected chi connectivity index (χ1v) is 11.3. The van der Waals surface area contributed by atoms with Crippen LogP contribution in [0.5, 0.6) is 0 Å². The maximum atomic E-state index is 9.18. The summed E-state index contributed by atoms with van der Waals surface area (Å²) < 4.78 is 24.5. The Kier molecular flexibility index (Phi) is 11.7. The molecule has 164 valence electrons. The van der Waals surface area contributed by atoms with Crippen molar-refractivity contribution in [3.63, 3.8) is 0 Å². The van der Waals surface area contributed by atoms with Gasteiger partial charge in [0, 0.05) is 26.7 Å². The molecule has 0 aromatic rings. The second-order valence-electron chi connectivity index (χ2n) is 8.37. The minimum absolute atomic E-state index is 0.127. The molecule has 2 aliphatic heterocycles. The van der Waals surface area contributed by atoms with Crippen LogP contribution in [0.1, 0.15) is 77.6 Å². The van der Waals surface area contributed by atoms with E-state index >= 15 is 0 Å². The van der Waals surface area contributed by atoms with Crippen molar-refractivity contribution in [2.24, 2.45) is 0 Å². The Labute approximate surface area is 171 Å². The Bertz CT molecular complexity index is 414. The molecule has 0 aromatic carbocycles. The van der Waals surface area contributed by atoms with Gasteiger partial charge < -0.3 is 24.1 Å². The Balaban J connectivity index is 1.85. The maximum absolute atomic E-state index is 9.18.